The summed E-state index contributed by atoms with van der Waals surface area (Å²) in [5.74, 6) is -0.629. The first kappa shape index (κ1) is 28.3. The van der Waals surface area contributed by atoms with Gasteiger partial charge < -0.3 is 15.2 Å². The summed E-state index contributed by atoms with van der Waals surface area (Å²) in [5.41, 5.74) is 0.393. The van der Waals surface area contributed by atoms with Crippen LogP contribution in [-0.2, 0) is 16.5 Å². The molecule has 0 saturated heterocycles. The zero-order valence-electron chi connectivity index (χ0n) is 20.8. The Morgan fingerprint density at radius 2 is 1.72 bits per heavy atom. The number of amides is 1. The molecule has 0 fully saturated rings. The van der Waals surface area contributed by atoms with Gasteiger partial charge in [0.25, 0.3) is 16.0 Å². The van der Waals surface area contributed by atoms with Gasteiger partial charge >= 0.3 is 0 Å². The summed E-state index contributed by atoms with van der Waals surface area (Å²) in [7, 11) is -4.55. The number of nitrogens with zero attached hydrogens (tertiary/aromatic N) is 2. The van der Waals surface area contributed by atoms with Crippen molar-refractivity contribution in [3.05, 3.63) is 81.8 Å². The summed E-state index contributed by atoms with van der Waals surface area (Å²) < 4.78 is 38.8. The summed E-state index contributed by atoms with van der Waals surface area (Å²) >= 11 is 12.5. The molecule has 0 aliphatic heterocycles. The van der Waals surface area contributed by atoms with Crippen LogP contribution < -0.4 is 10.1 Å². The van der Waals surface area contributed by atoms with Crippen LogP contribution in [0.4, 0.5) is 17.1 Å². The fourth-order valence-electron chi connectivity index (χ4n) is 4.06. The average Bonchev–Trinajstić information content (AvgIpc) is 2.87. The number of halogens is 2. The Hall–Kier alpha value is -3.70. The molecule has 0 heterocycles. The molecule has 202 valence electrons. The van der Waals surface area contributed by atoms with Crippen molar-refractivity contribution in [3.8, 4) is 11.5 Å². The molecule has 0 atom stereocenters. The van der Waals surface area contributed by atoms with Crippen LogP contribution in [0.5, 0.6) is 11.5 Å². The van der Waals surface area contributed by atoms with Gasteiger partial charge in [0.05, 0.1) is 22.1 Å². The van der Waals surface area contributed by atoms with Crippen LogP contribution in [-0.4, -0.2) is 30.6 Å². The number of hydrogen-bond acceptors (Lipinski definition) is 7. The molecule has 4 rings (SSSR count). The molecule has 4 aromatic carbocycles. The molecule has 0 aromatic heterocycles. The topological polar surface area (TPSA) is 138 Å². The molecule has 39 heavy (non-hydrogen) atoms. The highest BCUT2D eigenvalue weighted by Gasteiger charge is 2.22. The van der Waals surface area contributed by atoms with E-state index in [0.29, 0.717) is 33.8 Å². The lowest BCUT2D eigenvalue weighted by molar-refractivity contribution is 0.102. The number of azo groups is 1. The molecule has 0 aliphatic rings. The van der Waals surface area contributed by atoms with Gasteiger partial charge in [0, 0.05) is 27.7 Å². The third-order valence-corrected chi connectivity index (χ3v) is 7.21. The van der Waals surface area contributed by atoms with Crippen LogP contribution in [0.2, 0.25) is 10.0 Å². The maximum absolute atomic E-state index is 13.3. The van der Waals surface area contributed by atoms with Gasteiger partial charge in [-0.15, -0.1) is 10.2 Å². The molecular formula is C27H23Cl2N3O6S. The number of hydrogen-bond donors (Lipinski definition) is 3. The van der Waals surface area contributed by atoms with Crippen molar-refractivity contribution >= 4 is 67.1 Å². The second-order valence-electron chi connectivity index (χ2n) is 8.31. The molecule has 12 heteroatoms. The number of rotatable bonds is 8. The molecule has 0 unspecified atom stereocenters. The third-order valence-electron chi connectivity index (χ3n) is 5.75. The van der Waals surface area contributed by atoms with Gasteiger partial charge in [0.15, 0.2) is 5.75 Å². The molecule has 0 radical (unpaired) electrons. The molecule has 1 amide bonds. The SMILES string of the molecule is CCOc1cc(Cl)cc(NC(=O)c2cc3ccccc3c(N=Nc3c(Cl)ccc(S(=O)(=O)O)c3CC)c2O)c1. The molecular weight excluding hydrogens is 565 g/mol. The summed E-state index contributed by atoms with van der Waals surface area (Å²) in [6.45, 7) is 3.90. The lowest BCUT2D eigenvalue weighted by Crippen LogP contribution is -2.12. The van der Waals surface area contributed by atoms with Crippen LogP contribution in [0, 0.1) is 0 Å². The van der Waals surface area contributed by atoms with Crippen LogP contribution >= 0.6 is 23.2 Å². The van der Waals surface area contributed by atoms with Crippen LogP contribution in [0.3, 0.4) is 0 Å². The zero-order valence-corrected chi connectivity index (χ0v) is 23.1. The van der Waals surface area contributed by atoms with Crippen molar-refractivity contribution in [3.63, 3.8) is 0 Å². The summed E-state index contributed by atoms with van der Waals surface area (Å²) in [6.07, 6.45) is 0.169. The van der Waals surface area contributed by atoms with E-state index in [9.17, 15) is 22.9 Å². The van der Waals surface area contributed by atoms with Crippen LogP contribution in [0.1, 0.15) is 29.8 Å². The minimum Gasteiger partial charge on any atom is -0.505 e. The number of nitrogens with one attached hydrogen (secondary N) is 1. The van der Waals surface area contributed by atoms with E-state index in [0.717, 1.165) is 0 Å². The molecule has 9 nitrogen and oxygen atoms in total. The fourth-order valence-corrected chi connectivity index (χ4v) is 5.29. The monoisotopic (exact) mass is 587 g/mol. The first-order valence-corrected chi connectivity index (χ1v) is 13.9. The highest BCUT2D eigenvalue weighted by Crippen LogP contribution is 2.42. The largest absolute Gasteiger partial charge is 0.505 e. The van der Waals surface area contributed by atoms with Crippen molar-refractivity contribution in [1.82, 2.24) is 0 Å². The van der Waals surface area contributed by atoms with E-state index < -0.39 is 21.8 Å². The fraction of sp³-hybridized carbons (Fsp3) is 0.148. The lowest BCUT2D eigenvalue weighted by atomic mass is 10.0. The zero-order chi connectivity index (χ0) is 28.3. The van der Waals surface area contributed by atoms with Crippen molar-refractivity contribution in [1.29, 1.82) is 0 Å². The van der Waals surface area contributed by atoms with Crippen LogP contribution in [0.15, 0.2) is 75.8 Å². The Bertz CT molecular complexity index is 1720. The summed E-state index contributed by atoms with van der Waals surface area (Å²) in [4.78, 5) is 12.9. The van der Waals surface area contributed by atoms with E-state index in [1.807, 2.05) is 6.92 Å². The van der Waals surface area contributed by atoms with Gasteiger partial charge in [-0.1, -0.05) is 54.4 Å². The number of carbonyl (C=O) groups is 1. The standard InChI is InChI=1S/C27H23Cl2N3O6S/c1-3-19-23(39(35,36)37)10-9-22(29)24(19)31-32-25-20-8-6-5-7-15(20)11-21(26(25)33)27(34)30-17-12-16(28)13-18(14-17)38-4-2/h5-14,33H,3-4H2,1-2H3,(H,30,34)(H,35,36,37). The van der Waals surface area contributed by atoms with E-state index in [-0.39, 0.29) is 38.8 Å². The lowest BCUT2D eigenvalue weighted by Gasteiger charge is -2.13. The van der Waals surface area contributed by atoms with Gasteiger partial charge in [-0.2, -0.15) is 8.42 Å². The van der Waals surface area contributed by atoms with Crippen molar-refractivity contribution in [2.24, 2.45) is 10.2 Å². The Morgan fingerprint density at radius 3 is 2.41 bits per heavy atom. The van der Waals surface area contributed by atoms with E-state index in [2.05, 4.69) is 15.5 Å². The van der Waals surface area contributed by atoms with Crippen molar-refractivity contribution < 1.29 is 27.6 Å². The molecule has 0 bridgehead atoms. The minimum absolute atomic E-state index is 0.00927. The van der Waals surface area contributed by atoms with Gasteiger partial charge in [-0.05, 0) is 49.1 Å². The number of phenolic OH excluding ortho intramolecular Hbond substituents is 1. The number of benzene rings is 4. The number of anilines is 1. The van der Waals surface area contributed by atoms with E-state index >= 15 is 0 Å². The van der Waals surface area contributed by atoms with Gasteiger partial charge in [-0.3, -0.25) is 9.35 Å². The molecule has 3 N–H and O–H groups in total. The first-order valence-electron chi connectivity index (χ1n) is 11.7. The smallest absolute Gasteiger partial charge is 0.294 e. The highest BCUT2D eigenvalue weighted by molar-refractivity contribution is 7.85. The maximum Gasteiger partial charge on any atom is 0.294 e. The molecule has 4 aromatic rings. The number of phenols is 1. The normalized spacial score (nSPS) is 11.7. The summed E-state index contributed by atoms with van der Waals surface area (Å²) in [6, 6.07) is 15.6. The quantitative estimate of drug-likeness (QED) is 0.142. The summed E-state index contributed by atoms with van der Waals surface area (Å²) in [5, 5.41) is 23.7. The van der Waals surface area contributed by atoms with Crippen molar-refractivity contribution in [2.75, 3.05) is 11.9 Å². The minimum atomic E-state index is -4.55. The molecule has 0 aliphatic carbocycles. The van der Waals surface area contributed by atoms with Crippen molar-refractivity contribution in [2.45, 2.75) is 25.2 Å². The number of aromatic hydroxyl groups is 1. The van der Waals surface area contributed by atoms with Gasteiger partial charge in [0.2, 0.25) is 0 Å². The van der Waals surface area contributed by atoms with E-state index in [1.165, 1.54) is 24.3 Å². The second kappa shape index (κ2) is 11.6. The Balaban J connectivity index is 1.82. The van der Waals surface area contributed by atoms with E-state index in [1.54, 1.807) is 43.3 Å². The van der Waals surface area contributed by atoms with Gasteiger partial charge in [-0.25, -0.2) is 0 Å². The number of fused-ring (bicyclic) bond motifs is 1. The predicted molar refractivity (Wildman–Crippen MR) is 151 cm³/mol. The Morgan fingerprint density at radius 1 is 1.00 bits per heavy atom. The van der Waals surface area contributed by atoms with Crippen LogP contribution in [0.25, 0.3) is 10.8 Å². The second-order valence-corrected chi connectivity index (χ2v) is 10.5. The molecule has 0 saturated carbocycles. The Labute approximate surface area is 234 Å². The highest BCUT2D eigenvalue weighted by atomic mass is 35.5. The maximum atomic E-state index is 13.3. The molecule has 0 spiro atoms. The average molecular weight is 588 g/mol. The number of carbonyl (C=O) groups excluding carboxylic acids is 1. The number of ether oxygens (including phenoxy) is 1. The third kappa shape index (κ3) is 6.15. The van der Waals surface area contributed by atoms with E-state index in [4.69, 9.17) is 27.9 Å². The Kier molecular flexibility index (Phi) is 8.41. The predicted octanol–water partition coefficient (Wildman–Crippen LogP) is 7.73. The first-order chi connectivity index (χ1) is 18.5. The van der Waals surface area contributed by atoms with Gasteiger partial charge in [0.1, 0.15) is 17.1 Å².